The molecule has 0 N–H and O–H groups in total. The molecule has 3 aromatic rings. The van der Waals surface area contributed by atoms with Gasteiger partial charge in [-0.3, -0.25) is 4.79 Å². The maximum Gasteiger partial charge on any atom is 0.242 e. The average Bonchev–Trinajstić information content (AvgIpc) is 3.58. The fourth-order valence-electron chi connectivity index (χ4n) is 4.96. The van der Waals surface area contributed by atoms with E-state index in [-0.39, 0.29) is 5.91 Å². The van der Waals surface area contributed by atoms with Gasteiger partial charge in [0.1, 0.15) is 23.1 Å². The van der Waals surface area contributed by atoms with E-state index < -0.39 is 0 Å². The lowest BCUT2D eigenvalue weighted by molar-refractivity contribution is -0.129. The van der Waals surface area contributed by atoms with E-state index in [4.69, 9.17) is 14.5 Å². The minimum absolute atomic E-state index is 0.155. The van der Waals surface area contributed by atoms with Crippen LogP contribution in [0.1, 0.15) is 57.8 Å². The van der Waals surface area contributed by atoms with Gasteiger partial charge in [-0.2, -0.15) is 9.94 Å². The number of carbonyl (C=O) groups is 1. The van der Waals surface area contributed by atoms with Gasteiger partial charge >= 0.3 is 0 Å². The number of allylic oxidation sites excluding steroid dienone is 1. The fourth-order valence-corrected chi connectivity index (χ4v) is 4.96. The summed E-state index contributed by atoms with van der Waals surface area (Å²) >= 11 is 0. The highest BCUT2D eigenvalue weighted by molar-refractivity contribution is 6.11. The summed E-state index contributed by atoms with van der Waals surface area (Å²) in [6, 6.07) is 13.6. The third kappa shape index (κ3) is 7.05. The van der Waals surface area contributed by atoms with Crippen molar-refractivity contribution in [2.24, 2.45) is 4.99 Å². The van der Waals surface area contributed by atoms with Crippen LogP contribution in [-0.4, -0.2) is 71.8 Å². The second kappa shape index (κ2) is 14.5. The van der Waals surface area contributed by atoms with Crippen LogP contribution < -0.4 is 14.4 Å². The van der Waals surface area contributed by atoms with Crippen molar-refractivity contribution in [3.63, 3.8) is 0 Å². The van der Waals surface area contributed by atoms with Crippen molar-refractivity contribution in [2.45, 2.75) is 53.4 Å². The molecule has 1 aliphatic rings. The zero-order valence-corrected chi connectivity index (χ0v) is 26.1. The number of unbranched alkanes of at least 4 members (excludes halogenated alkanes) is 2. The maximum absolute atomic E-state index is 13.2. The first kappa shape index (κ1) is 31.3. The lowest BCUT2D eigenvalue weighted by Crippen LogP contribution is -2.41. The predicted molar refractivity (Wildman–Crippen MR) is 170 cm³/mol. The number of aromatic nitrogens is 3. The van der Waals surface area contributed by atoms with Crippen molar-refractivity contribution >= 4 is 29.2 Å². The highest BCUT2D eigenvalue weighted by Gasteiger charge is 2.26. The number of hydrogen-bond donors (Lipinski definition) is 0. The molecule has 0 fully saturated rings. The zero-order chi connectivity index (χ0) is 30.9. The number of amides is 1. The number of carbonyl (C=O) groups excluding carboxylic acids is 1. The predicted octanol–water partition coefficient (Wildman–Crippen LogP) is 6.02. The zero-order valence-electron chi connectivity index (χ0n) is 26.1. The van der Waals surface area contributed by atoms with Gasteiger partial charge in [-0.25, -0.2) is 9.98 Å². The standard InChI is InChI=1S/C33H41N7O3/c1-7-10-16-39(17-11-8-2)31(41)22-38(9-3)25-12-14-28(23(4)18-25)35-33-24(21-34)19-30-36-32(37-40(30)33)27-20-26(42-5)13-15-29(27)43-6/h12-15,18-20H,7-11,16-17,22H2,1-6H3/b35-33+. The summed E-state index contributed by atoms with van der Waals surface area (Å²) in [5.41, 5.74) is 3.64. The van der Waals surface area contributed by atoms with Crippen LogP contribution >= 0.6 is 0 Å². The maximum atomic E-state index is 13.2. The molecule has 0 aliphatic carbocycles. The second-order valence-electron chi connectivity index (χ2n) is 10.4. The first-order chi connectivity index (χ1) is 20.9. The summed E-state index contributed by atoms with van der Waals surface area (Å²) in [6.07, 6.45) is 5.82. The molecule has 1 aromatic heterocycles. The van der Waals surface area contributed by atoms with Gasteiger partial charge in [-0.1, -0.05) is 26.7 Å². The largest absolute Gasteiger partial charge is 0.497 e. The number of nitrogens with zero attached hydrogens (tertiary/aromatic N) is 7. The van der Waals surface area contributed by atoms with Crippen LogP contribution in [0.4, 0.5) is 11.4 Å². The molecule has 10 nitrogen and oxygen atoms in total. The van der Waals surface area contributed by atoms with Crippen LogP contribution in [0.25, 0.3) is 17.5 Å². The van der Waals surface area contributed by atoms with Crippen molar-refractivity contribution in [3.05, 3.63) is 53.4 Å². The number of methoxy groups -OCH3 is 2. The molecule has 4 rings (SSSR count). The normalized spacial score (nSPS) is 13.0. The third-order valence-electron chi connectivity index (χ3n) is 7.51. The number of nitriles is 1. The fraction of sp³-hybridized carbons (Fsp3) is 0.424. The van der Waals surface area contributed by atoms with Crippen molar-refractivity contribution in [3.8, 4) is 29.0 Å². The van der Waals surface area contributed by atoms with Crippen LogP contribution in [0.5, 0.6) is 11.5 Å². The summed E-state index contributed by atoms with van der Waals surface area (Å²) in [5.74, 6) is 2.77. The Hall–Kier alpha value is -4.65. The molecule has 10 heteroatoms. The van der Waals surface area contributed by atoms with E-state index in [0.717, 1.165) is 50.0 Å². The number of anilines is 1. The van der Waals surface area contributed by atoms with E-state index in [1.54, 1.807) is 31.0 Å². The number of hydrogen-bond acceptors (Lipinski definition) is 8. The van der Waals surface area contributed by atoms with Gasteiger partial charge in [0.15, 0.2) is 17.5 Å². The Morgan fingerprint density at radius 1 is 1.05 bits per heavy atom. The number of aliphatic imine (C=N–C) groups is 1. The van der Waals surface area contributed by atoms with Crippen LogP contribution in [-0.2, 0) is 4.79 Å². The summed E-state index contributed by atoms with van der Waals surface area (Å²) in [7, 11) is 3.19. The summed E-state index contributed by atoms with van der Waals surface area (Å²) in [4.78, 5) is 26.8. The first-order valence-electron chi connectivity index (χ1n) is 14.9. The van der Waals surface area contributed by atoms with Crippen LogP contribution in [0, 0.1) is 18.3 Å². The Kier molecular flexibility index (Phi) is 10.5. The topological polar surface area (TPSA) is 109 Å². The van der Waals surface area contributed by atoms with Crippen molar-refractivity contribution in [2.75, 3.05) is 45.3 Å². The van der Waals surface area contributed by atoms with E-state index in [1.807, 2.05) is 42.2 Å². The molecule has 0 radical (unpaired) electrons. The molecular weight excluding hydrogens is 542 g/mol. The number of likely N-dealkylation sites (N-methyl/N-ethyl adjacent to an activating group) is 1. The number of rotatable bonds is 14. The minimum Gasteiger partial charge on any atom is -0.497 e. The van der Waals surface area contributed by atoms with Crippen molar-refractivity contribution in [1.29, 1.82) is 5.26 Å². The summed E-state index contributed by atoms with van der Waals surface area (Å²) < 4.78 is 12.5. The molecule has 1 amide bonds. The monoisotopic (exact) mass is 583 g/mol. The van der Waals surface area contributed by atoms with E-state index in [0.29, 0.717) is 58.9 Å². The summed E-state index contributed by atoms with van der Waals surface area (Å²) in [6.45, 7) is 11.0. The Morgan fingerprint density at radius 3 is 2.40 bits per heavy atom. The number of aryl methyl sites for hydroxylation is 1. The molecule has 2 heterocycles. The van der Waals surface area contributed by atoms with Crippen LogP contribution in [0.3, 0.4) is 0 Å². The van der Waals surface area contributed by atoms with Gasteiger partial charge in [0.05, 0.1) is 32.0 Å². The smallest absolute Gasteiger partial charge is 0.242 e. The Labute approximate surface area is 254 Å². The SMILES string of the molecule is CCCCN(CCCC)C(=O)CN(CC)c1ccc(/N=C2\C(C#N)=Cc3nc(-c4cc(OC)ccc4OC)nn32)c(C)c1. The van der Waals surface area contributed by atoms with Crippen LogP contribution in [0.15, 0.2) is 47.0 Å². The van der Waals surface area contributed by atoms with E-state index in [1.165, 1.54) is 0 Å². The van der Waals surface area contributed by atoms with Gasteiger partial charge in [0, 0.05) is 31.4 Å². The molecule has 0 saturated heterocycles. The van der Waals surface area contributed by atoms with Gasteiger partial charge in [0.25, 0.3) is 0 Å². The molecule has 0 spiro atoms. The molecule has 0 atom stereocenters. The molecule has 0 saturated carbocycles. The van der Waals surface area contributed by atoms with Gasteiger partial charge < -0.3 is 19.3 Å². The van der Waals surface area contributed by atoms with Crippen molar-refractivity contribution in [1.82, 2.24) is 19.7 Å². The molecule has 226 valence electrons. The lowest BCUT2D eigenvalue weighted by atomic mass is 10.1. The van der Waals surface area contributed by atoms with E-state index in [2.05, 4.69) is 41.8 Å². The van der Waals surface area contributed by atoms with E-state index >= 15 is 0 Å². The molecule has 1 aliphatic heterocycles. The molecular formula is C33H41N7O3. The van der Waals surface area contributed by atoms with Crippen molar-refractivity contribution < 1.29 is 14.3 Å². The quantitative estimate of drug-likeness (QED) is 0.228. The highest BCUT2D eigenvalue weighted by atomic mass is 16.5. The molecule has 0 bridgehead atoms. The number of ether oxygens (including phenoxy) is 2. The lowest BCUT2D eigenvalue weighted by Gasteiger charge is -2.28. The summed E-state index contributed by atoms with van der Waals surface area (Å²) in [5, 5.41) is 14.5. The second-order valence-corrected chi connectivity index (χ2v) is 10.4. The molecule has 43 heavy (non-hydrogen) atoms. The average molecular weight is 584 g/mol. The first-order valence-corrected chi connectivity index (χ1v) is 14.9. The number of benzene rings is 2. The van der Waals surface area contributed by atoms with E-state index in [9.17, 15) is 10.1 Å². The Morgan fingerprint density at radius 2 is 1.79 bits per heavy atom. The van der Waals surface area contributed by atoms with Crippen LogP contribution in [0.2, 0.25) is 0 Å². The Balaban J connectivity index is 1.61. The third-order valence-corrected chi connectivity index (χ3v) is 7.51. The van der Waals surface area contributed by atoms with Gasteiger partial charge in [0.2, 0.25) is 5.91 Å². The number of fused-ring (bicyclic) bond motifs is 1. The Bertz CT molecular complexity index is 1540. The molecule has 0 unspecified atom stereocenters. The molecule has 2 aromatic carbocycles. The van der Waals surface area contributed by atoms with Gasteiger partial charge in [-0.15, -0.1) is 5.10 Å². The minimum atomic E-state index is 0.155. The highest BCUT2D eigenvalue weighted by Crippen LogP contribution is 2.33. The van der Waals surface area contributed by atoms with Gasteiger partial charge in [-0.05, 0) is 68.7 Å².